The van der Waals surface area contributed by atoms with Crippen molar-refractivity contribution in [3.05, 3.63) is 57.6 Å². The highest BCUT2D eigenvalue weighted by Crippen LogP contribution is 2.30. The number of halogens is 2. The lowest BCUT2D eigenvalue weighted by atomic mass is 10.1. The van der Waals surface area contributed by atoms with Crippen LogP contribution in [0.25, 0.3) is 0 Å². The molecule has 0 saturated heterocycles. The van der Waals surface area contributed by atoms with E-state index in [9.17, 15) is 9.59 Å². The van der Waals surface area contributed by atoms with Crippen LogP contribution in [0.15, 0.2) is 36.4 Å². The molecule has 0 bridgehead atoms. The van der Waals surface area contributed by atoms with Gasteiger partial charge in [0.25, 0.3) is 5.91 Å². The number of nitrogen functional groups attached to an aromatic ring is 1. The second kappa shape index (κ2) is 6.03. The number of carboxylic acids is 1. The van der Waals surface area contributed by atoms with E-state index in [1.165, 1.54) is 24.3 Å². The number of anilines is 2. The van der Waals surface area contributed by atoms with Crippen molar-refractivity contribution in [1.82, 2.24) is 0 Å². The van der Waals surface area contributed by atoms with Crippen molar-refractivity contribution in [3.8, 4) is 0 Å². The summed E-state index contributed by atoms with van der Waals surface area (Å²) in [4.78, 5) is 23.3. The number of aromatic carboxylic acids is 1. The fraction of sp³-hybridized carbons (Fsp3) is 0. The minimum Gasteiger partial charge on any atom is -0.478 e. The molecule has 5 nitrogen and oxygen atoms in total. The fourth-order valence-electron chi connectivity index (χ4n) is 1.69. The summed E-state index contributed by atoms with van der Waals surface area (Å²) in [5.74, 6) is -1.74. The molecule has 0 spiro atoms. The van der Waals surface area contributed by atoms with E-state index in [-0.39, 0.29) is 21.3 Å². The summed E-state index contributed by atoms with van der Waals surface area (Å²) in [6, 6.07) is 8.75. The molecule has 0 saturated carbocycles. The zero-order chi connectivity index (χ0) is 15.6. The summed E-state index contributed by atoms with van der Waals surface area (Å²) >= 11 is 11.7. The summed E-state index contributed by atoms with van der Waals surface area (Å²) in [5.41, 5.74) is 6.19. The lowest BCUT2D eigenvalue weighted by molar-refractivity contribution is 0.0698. The first-order valence-electron chi connectivity index (χ1n) is 5.77. The van der Waals surface area contributed by atoms with Crippen molar-refractivity contribution in [1.29, 1.82) is 0 Å². The van der Waals surface area contributed by atoms with Gasteiger partial charge in [0.05, 0.1) is 16.3 Å². The van der Waals surface area contributed by atoms with Crippen molar-refractivity contribution in [2.24, 2.45) is 0 Å². The lowest BCUT2D eigenvalue weighted by Crippen LogP contribution is -2.15. The van der Waals surface area contributed by atoms with Crippen LogP contribution in [0, 0.1) is 0 Å². The van der Waals surface area contributed by atoms with Gasteiger partial charge in [0, 0.05) is 16.3 Å². The Morgan fingerprint density at radius 1 is 1.10 bits per heavy atom. The van der Waals surface area contributed by atoms with Crippen molar-refractivity contribution >= 4 is 46.5 Å². The fourth-order valence-corrected chi connectivity index (χ4v) is 2.23. The Hall–Kier alpha value is -2.24. The number of hydrogen-bond acceptors (Lipinski definition) is 3. The maximum Gasteiger partial charge on any atom is 0.337 e. The second-order valence-corrected chi connectivity index (χ2v) is 5.04. The normalized spacial score (nSPS) is 10.2. The summed E-state index contributed by atoms with van der Waals surface area (Å²) in [6.07, 6.45) is 0. The van der Waals surface area contributed by atoms with Crippen LogP contribution in [-0.4, -0.2) is 17.0 Å². The highest BCUT2D eigenvalue weighted by atomic mass is 35.5. The predicted octanol–water partition coefficient (Wildman–Crippen LogP) is 3.53. The zero-order valence-electron chi connectivity index (χ0n) is 10.6. The van der Waals surface area contributed by atoms with Gasteiger partial charge in [0.15, 0.2) is 0 Å². The Bertz CT molecular complexity index is 715. The SMILES string of the molecule is Nc1ccc(C(=O)Nc2c(Cl)cc(Cl)cc2C(=O)O)cc1. The highest BCUT2D eigenvalue weighted by molar-refractivity contribution is 6.38. The molecule has 4 N–H and O–H groups in total. The van der Waals surface area contributed by atoms with Crippen LogP contribution < -0.4 is 11.1 Å². The molecule has 0 aliphatic rings. The zero-order valence-corrected chi connectivity index (χ0v) is 12.1. The standard InChI is InChI=1S/C14H10Cl2N2O3/c15-8-5-10(14(20)21)12(11(16)6-8)18-13(19)7-1-3-9(17)4-2-7/h1-6H,17H2,(H,18,19)(H,20,21). The molecule has 0 unspecified atom stereocenters. The van der Waals surface area contributed by atoms with E-state index < -0.39 is 11.9 Å². The number of carboxylic acid groups (broad SMARTS) is 1. The van der Waals surface area contributed by atoms with E-state index in [2.05, 4.69) is 5.32 Å². The third-order valence-electron chi connectivity index (χ3n) is 2.70. The number of benzene rings is 2. The average molecular weight is 325 g/mol. The van der Waals surface area contributed by atoms with Crippen LogP contribution >= 0.6 is 23.2 Å². The molecule has 0 atom stereocenters. The van der Waals surface area contributed by atoms with Gasteiger partial charge in [-0.3, -0.25) is 4.79 Å². The van der Waals surface area contributed by atoms with Crippen molar-refractivity contribution in [3.63, 3.8) is 0 Å². The molecule has 0 fully saturated rings. The molecular weight excluding hydrogens is 315 g/mol. The summed E-state index contributed by atoms with van der Waals surface area (Å²) in [6.45, 7) is 0. The lowest BCUT2D eigenvalue weighted by Gasteiger charge is -2.11. The number of amides is 1. The smallest absolute Gasteiger partial charge is 0.337 e. The van der Waals surface area contributed by atoms with Crippen LogP contribution in [0.2, 0.25) is 10.0 Å². The number of hydrogen-bond donors (Lipinski definition) is 3. The summed E-state index contributed by atoms with van der Waals surface area (Å²) in [5, 5.41) is 11.8. The van der Waals surface area contributed by atoms with Gasteiger partial charge < -0.3 is 16.2 Å². The topological polar surface area (TPSA) is 92.4 Å². The van der Waals surface area contributed by atoms with Gasteiger partial charge in [-0.25, -0.2) is 4.79 Å². The molecule has 0 radical (unpaired) electrons. The van der Waals surface area contributed by atoms with Gasteiger partial charge >= 0.3 is 5.97 Å². The predicted molar refractivity (Wildman–Crippen MR) is 82.2 cm³/mol. The van der Waals surface area contributed by atoms with Gasteiger partial charge in [0.1, 0.15) is 0 Å². The number of carbonyl (C=O) groups is 2. The van der Waals surface area contributed by atoms with Gasteiger partial charge in [0.2, 0.25) is 0 Å². The molecule has 21 heavy (non-hydrogen) atoms. The van der Waals surface area contributed by atoms with Gasteiger partial charge in [-0.1, -0.05) is 23.2 Å². The number of nitrogens with one attached hydrogen (secondary N) is 1. The van der Waals surface area contributed by atoms with E-state index in [1.54, 1.807) is 12.1 Å². The van der Waals surface area contributed by atoms with Gasteiger partial charge in [-0.05, 0) is 36.4 Å². The van der Waals surface area contributed by atoms with Crippen LogP contribution in [0.5, 0.6) is 0 Å². The minimum atomic E-state index is -1.24. The molecule has 2 aromatic rings. The maximum absolute atomic E-state index is 12.1. The Morgan fingerprint density at radius 2 is 1.71 bits per heavy atom. The Kier molecular flexibility index (Phi) is 4.35. The second-order valence-electron chi connectivity index (χ2n) is 4.19. The number of nitrogens with two attached hydrogens (primary N) is 1. The molecule has 0 aromatic heterocycles. The number of carbonyl (C=O) groups excluding carboxylic acids is 1. The molecule has 2 aromatic carbocycles. The van der Waals surface area contributed by atoms with Crippen LogP contribution in [-0.2, 0) is 0 Å². The van der Waals surface area contributed by atoms with Gasteiger partial charge in [-0.15, -0.1) is 0 Å². The highest BCUT2D eigenvalue weighted by Gasteiger charge is 2.18. The quantitative estimate of drug-likeness (QED) is 0.753. The molecule has 2 rings (SSSR count). The van der Waals surface area contributed by atoms with E-state index in [1.807, 2.05) is 0 Å². The molecule has 0 aliphatic carbocycles. The molecule has 0 heterocycles. The summed E-state index contributed by atoms with van der Waals surface area (Å²) in [7, 11) is 0. The first-order valence-corrected chi connectivity index (χ1v) is 6.53. The molecule has 7 heteroatoms. The van der Waals surface area contributed by atoms with E-state index in [0.717, 1.165) is 0 Å². The summed E-state index contributed by atoms with van der Waals surface area (Å²) < 4.78 is 0. The van der Waals surface area contributed by atoms with E-state index in [4.69, 9.17) is 34.0 Å². The first-order chi connectivity index (χ1) is 9.88. The Morgan fingerprint density at radius 3 is 2.29 bits per heavy atom. The average Bonchev–Trinajstić information content (AvgIpc) is 2.41. The van der Waals surface area contributed by atoms with Gasteiger partial charge in [-0.2, -0.15) is 0 Å². The Labute approximate surface area is 130 Å². The Balaban J connectivity index is 2.37. The number of rotatable bonds is 3. The van der Waals surface area contributed by atoms with E-state index >= 15 is 0 Å². The molecular formula is C14H10Cl2N2O3. The van der Waals surface area contributed by atoms with E-state index in [0.29, 0.717) is 11.3 Å². The van der Waals surface area contributed by atoms with Crippen molar-refractivity contribution in [2.45, 2.75) is 0 Å². The minimum absolute atomic E-state index is 0.00427. The third-order valence-corrected chi connectivity index (χ3v) is 3.21. The van der Waals surface area contributed by atoms with Crippen LogP contribution in [0.4, 0.5) is 11.4 Å². The molecule has 108 valence electrons. The van der Waals surface area contributed by atoms with Crippen molar-refractivity contribution in [2.75, 3.05) is 11.1 Å². The molecule has 0 aliphatic heterocycles. The van der Waals surface area contributed by atoms with Crippen LogP contribution in [0.3, 0.4) is 0 Å². The largest absolute Gasteiger partial charge is 0.478 e. The first kappa shape index (κ1) is 15.2. The van der Waals surface area contributed by atoms with Crippen molar-refractivity contribution < 1.29 is 14.7 Å². The molecule has 1 amide bonds. The monoisotopic (exact) mass is 324 g/mol. The van der Waals surface area contributed by atoms with Crippen LogP contribution in [0.1, 0.15) is 20.7 Å². The third kappa shape index (κ3) is 3.45. The maximum atomic E-state index is 12.1.